The molecule has 0 amide bonds. The fraction of sp³-hybridized carbons (Fsp3) is 0.370. The first-order chi connectivity index (χ1) is 17.8. The van der Waals surface area contributed by atoms with Crippen molar-refractivity contribution < 1.29 is 24.2 Å². The molecule has 0 saturated carbocycles. The minimum atomic E-state index is -0.283. The van der Waals surface area contributed by atoms with E-state index in [1.165, 1.54) is 18.3 Å². The lowest BCUT2D eigenvalue weighted by molar-refractivity contribution is -0.146. The number of esters is 1. The Morgan fingerprint density at radius 3 is 2.76 bits per heavy atom. The van der Waals surface area contributed by atoms with Crippen LogP contribution in [0.1, 0.15) is 53.9 Å². The largest absolute Gasteiger partial charge is 0.508 e. The molecule has 1 aromatic heterocycles. The summed E-state index contributed by atoms with van der Waals surface area (Å²) in [6.07, 6.45) is 3.59. The SMILES string of the molecule is CCCc1cc(C(=O)c2sc(Nc3ccc(OC[C@@H]4CCCN4COC(C)=O)cc3)nc2N)ccc1O. The Labute approximate surface area is 220 Å². The quantitative estimate of drug-likeness (QED) is 0.241. The van der Waals surface area contributed by atoms with Crippen molar-refractivity contribution in [1.82, 2.24) is 9.88 Å². The number of thiazole rings is 1. The summed E-state index contributed by atoms with van der Waals surface area (Å²) in [5.74, 6) is 0.577. The van der Waals surface area contributed by atoms with E-state index in [1.54, 1.807) is 18.2 Å². The van der Waals surface area contributed by atoms with E-state index in [0.717, 1.165) is 42.8 Å². The van der Waals surface area contributed by atoms with Crippen molar-refractivity contribution in [2.75, 3.05) is 30.9 Å². The van der Waals surface area contributed by atoms with Crippen LogP contribution in [0.5, 0.6) is 11.5 Å². The maximum atomic E-state index is 13.1. The Balaban J connectivity index is 1.35. The van der Waals surface area contributed by atoms with Crippen molar-refractivity contribution in [2.24, 2.45) is 0 Å². The second-order valence-corrected chi connectivity index (χ2v) is 9.99. The van der Waals surface area contributed by atoms with Gasteiger partial charge in [-0.1, -0.05) is 24.7 Å². The van der Waals surface area contributed by atoms with E-state index in [2.05, 4.69) is 15.2 Å². The number of hydrogen-bond donors (Lipinski definition) is 3. The zero-order chi connectivity index (χ0) is 26.4. The second-order valence-electron chi connectivity index (χ2n) is 8.99. The number of nitrogens with zero attached hydrogens (tertiary/aromatic N) is 2. The molecule has 0 bridgehead atoms. The van der Waals surface area contributed by atoms with E-state index in [1.807, 2.05) is 31.2 Å². The standard InChI is InChI=1S/C27H32N4O5S/c1-3-5-18-14-19(7-12-23(18)33)24(34)25-26(28)30-27(37-25)29-20-8-10-22(11-9-20)35-15-21-6-4-13-31(21)16-36-17(2)32/h7-12,14,21,33H,3-6,13,15-16,28H2,1-2H3,(H,29,30)/t21-/m0/s1. The molecule has 2 aromatic carbocycles. The number of aromatic hydroxyl groups is 1. The number of anilines is 3. The number of aromatic nitrogens is 1. The number of benzene rings is 2. The average Bonchev–Trinajstić information content (AvgIpc) is 3.49. The molecule has 0 spiro atoms. The van der Waals surface area contributed by atoms with Crippen molar-refractivity contribution in [3.63, 3.8) is 0 Å². The Hall–Kier alpha value is -3.63. The molecule has 196 valence electrons. The van der Waals surface area contributed by atoms with E-state index in [9.17, 15) is 14.7 Å². The van der Waals surface area contributed by atoms with Crippen molar-refractivity contribution in [3.8, 4) is 11.5 Å². The fourth-order valence-corrected chi connectivity index (χ4v) is 5.12. The lowest BCUT2D eigenvalue weighted by atomic mass is 10.0. The lowest BCUT2D eigenvalue weighted by Crippen LogP contribution is -2.36. The molecule has 2 heterocycles. The number of phenols is 1. The van der Waals surface area contributed by atoms with Gasteiger partial charge in [0.15, 0.2) is 5.13 Å². The molecular formula is C27H32N4O5S. The first kappa shape index (κ1) is 26.4. The van der Waals surface area contributed by atoms with Gasteiger partial charge in [0.25, 0.3) is 0 Å². The zero-order valence-electron chi connectivity index (χ0n) is 21.0. The number of carbonyl (C=O) groups excluding carboxylic acids is 2. The number of rotatable bonds is 11. The Morgan fingerprint density at radius 1 is 1.24 bits per heavy atom. The van der Waals surface area contributed by atoms with Crippen LogP contribution in [0.25, 0.3) is 0 Å². The van der Waals surface area contributed by atoms with Crippen LogP contribution in [0.2, 0.25) is 0 Å². The number of aryl methyl sites for hydroxylation is 1. The molecule has 10 heteroatoms. The van der Waals surface area contributed by atoms with Gasteiger partial charge in [-0.15, -0.1) is 0 Å². The predicted octanol–water partition coefficient (Wildman–Crippen LogP) is 4.72. The predicted molar refractivity (Wildman–Crippen MR) is 144 cm³/mol. The number of nitrogen functional groups attached to an aromatic ring is 1. The summed E-state index contributed by atoms with van der Waals surface area (Å²) in [5.41, 5.74) is 8.06. The van der Waals surface area contributed by atoms with E-state index in [-0.39, 0.29) is 29.4 Å². The van der Waals surface area contributed by atoms with Gasteiger partial charge in [-0.25, -0.2) is 4.98 Å². The normalized spacial score (nSPS) is 15.5. The molecule has 1 fully saturated rings. The molecule has 4 N–H and O–H groups in total. The van der Waals surface area contributed by atoms with Gasteiger partial charge in [0, 0.05) is 30.8 Å². The fourth-order valence-electron chi connectivity index (χ4n) is 4.25. The highest BCUT2D eigenvalue weighted by atomic mass is 32.1. The molecule has 0 radical (unpaired) electrons. The number of carbonyl (C=O) groups is 2. The van der Waals surface area contributed by atoms with Gasteiger partial charge in [-0.3, -0.25) is 14.5 Å². The third-order valence-electron chi connectivity index (χ3n) is 6.20. The Kier molecular flexibility index (Phi) is 8.62. The van der Waals surface area contributed by atoms with E-state index < -0.39 is 0 Å². The minimum Gasteiger partial charge on any atom is -0.508 e. The average molecular weight is 525 g/mol. The summed E-state index contributed by atoms with van der Waals surface area (Å²) >= 11 is 1.19. The summed E-state index contributed by atoms with van der Waals surface area (Å²) in [6, 6.07) is 12.5. The number of ketones is 1. The number of ether oxygens (including phenoxy) is 2. The molecular weight excluding hydrogens is 492 g/mol. The highest BCUT2D eigenvalue weighted by Gasteiger charge is 2.25. The number of nitrogens with two attached hydrogens (primary N) is 1. The first-order valence-corrected chi connectivity index (χ1v) is 13.2. The van der Waals surface area contributed by atoms with Gasteiger partial charge in [0.2, 0.25) is 5.78 Å². The molecule has 1 saturated heterocycles. The summed E-state index contributed by atoms with van der Waals surface area (Å²) < 4.78 is 11.1. The topological polar surface area (TPSA) is 127 Å². The van der Waals surface area contributed by atoms with Crippen molar-refractivity contribution in [2.45, 2.75) is 45.6 Å². The molecule has 4 rings (SSSR count). The molecule has 9 nitrogen and oxygen atoms in total. The van der Waals surface area contributed by atoms with Crippen LogP contribution in [0.4, 0.5) is 16.6 Å². The molecule has 1 atom stereocenters. The van der Waals surface area contributed by atoms with Crippen LogP contribution >= 0.6 is 11.3 Å². The molecule has 1 aliphatic heterocycles. The first-order valence-electron chi connectivity index (χ1n) is 12.3. The van der Waals surface area contributed by atoms with E-state index >= 15 is 0 Å². The second kappa shape index (κ2) is 12.1. The molecule has 3 aromatic rings. The third kappa shape index (κ3) is 6.78. The smallest absolute Gasteiger partial charge is 0.303 e. The van der Waals surface area contributed by atoms with Gasteiger partial charge in [0.05, 0.1) is 0 Å². The van der Waals surface area contributed by atoms with Crippen LogP contribution < -0.4 is 15.8 Å². The van der Waals surface area contributed by atoms with Crippen molar-refractivity contribution >= 4 is 39.7 Å². The van der Waals surface area contributed by atoms with Crippen molar-refractivity contribution in [1.29, 1.82) is 0 Å². The number of phenolic OH excluding ortho intramolecular Hbond substituents is 1. The number of hydrogen-bond acceptors (Lipinski definition) is 10. The van der Waals surface area contributed by atoms with Gasteiger partial charge in [-0.2, -0.15) is 0 Å². The minimum absolute atomic E-state index is 0.164. The highest BCUT2D eigenvalue weighted by molar-refractivity contribution is 7.18. The molecule has 0 unspecified atom stereocenters. The number of nitrogens with one attached hydrogen (secondary N) is 1. The number of likely N-dealkylation sites (tertiary alicyclic amines) is 1. The van der Waals surface area contributed by atoms with E-state index in [4.69, 9.17) is 15.2 Å². The molecule has 1 aliphatic rings. The van der Waals surface area contributed by atoms with Crippen LogP contribution in [-0.4, -0.2) is 52.7 Å². The van der Waals surface area contributed by atoms with Crippen LogP contribution in [0.3, 0.4) is 0 Å². The van der Waals surface area contributed by atoms with Crippen LogP contribution in [-0.2, 0) is 16.0 Å². The van der Waals surface area contributed by atoms with Crippen LogP contribution in [0.15, 0.2) is 42.5 Å². The van der Waals surface area contributed by atoms with Gasteiger partial charge >= 0.3 is 5.97 Å². The Morgan fingerprint density at radius 2 is 2.03 bits per heavy atom. The highest BCUT2D eigenvalue weighted by Crippen LogP contribution is 2.31. The monoisotopic (exact) mass is 524 g/mol. The summed E-state index contributed by atoms with van der Waals surface area (Å²) in [6.45, 7) is 5.12. The van der Waals surface area contributed by atoms with E-state index in [0.29, 0.717) is 35.3 Å². The van der Waals surface area contributed by atoms with Gasteiger partial charge in [0.1, 0.15) is 35.5 Å². The third-order valence-corrected chi connectivity index (χ3v) is 7.19. The summed E-state index contributed by atoms with van der Waals surface area (Å²) in [5, 5.41) is 13.7. The van der Waals surface area contributed by atoms with Crippen LogP contribution in [0, 0.1) is 0 Å². The van der Waals surface area contributed by atoms with Gasteiger partial charge < -0.3 is 25.6 Å². The Bertz CT molecular complexity index is 1240. The maximum Gasteiger partial charge on any atom is 0.303 e. The zero-order valence-corrected chi connectivity index (χ0v) is 21.8. The maximum absolute atomic E-state index is 13.1. The van der Waals surface area contributed by atoms with Gasteiger partial charge in [-0.05, 0) is 67.3 Å². The summed E-state index contributed by atoms with van der Waals surface area (Å²) in [7, 11) is 0. The lowest BCUT2D eigenvalue weighted by Gasteiger charge is -2.23. The molecule has 0 aliphatic carbocycles. The van der Waals surface area contributed by atoms with Crippen molar-refractivity contribution in [3.05, 3.63) is 58.5 Å². The summed E-state index contributed by atoms with van der Waals surface area (Å²) in [4.78, 5) is 30.9. The molecule has 37 heavy (non-hydrogen) atoms.